The highest BCUT2D eigenvalue weighted by molar-refractivity contribution is 5.76. The molecule has 0 N–H and O–H groups in total. The summed E-state index contributed by atoms with van der Waals surface area (Å²) in [6.45, 7) is 2.13. The zero-order chi connectivity index (χ0) is 17.8. The van der Waals surface area contributed by atoms with Crippen molar-refractivity contribution in [2.45, 2.75) is 25.3 Å². The van der Waals surface area contributed by atoms with Crippen LogP contribution in [-0.2, 0) is 11.3 Å². The normalized spacial score (nSPS) is 16.8. The van der Waals surface area contributed by atoms with Crippen LogP contribution in [-0.4, -0.2) is 48.6 Å². The molecule has 0 aromatic carbocycles. The number of aryl methyl sites for hydroxylation is 1. The largest absolute Gasteiger partial charge is 0.342 e. The van der Waals surface area contributed by atoms with Crippen LogP contribution in [0.1, 0.15) is 24.3 Å². The van der Waals surface area contributed by atoms with E-state index in [1.165, 1.54) is 11.9 Å². The lowest BCUT2D eigenvalue weighted by Crippen LogP contribution is -2.29. The lowest BCUT2D eigenvalue weighted by atomic mass is 9.97. The predicted molar refractivity (Wildman–Crippen MR) is 96.0 cm³/mol. The van der Waals surface area contributed by atoms with Gasteiger partial charge in [0.2, 0.25) is 5.91 Å². The third-order valence-electron chi connectivity index (χ3n) is 4.79. The second kappa shape index (κ2) is 7.43. The van der Waals surface area contributed by atoms with E-state index in [-0.39, 0.29) is 5.91 Å². The Morgan fingerprint density at radius 2 is 2.04 bits per heavy atom. The molecule has 132 valence electrons. The van der Waals surface area contributed by atoms with Crippen LogP contribution < -0.4 is 0 Å². The summed E-state index contributed by atoms with van der Waals surface area (Å²) in [6, 6.07) is 8.10. The minimum absolute atomic E-state index is 0.173. The molecule has 4 rings (SSSR count). The van der Waals surface area contributed by atoms with E-state index in [9.17, 15) is 4.79 Å². The first-order chi connectivity index (χ1) is 12.8. The predicted octanol–water partition coefficient (Wildman–Crippen LogP) is 2.14. The van der Waals surface area contributed by atoms with Gasteiger partial charge in [-0.2, -0.15) is 5.10 Å². The highest BCUT2D eigenvalue weighted by Gasteiger charge is 2.27. The standard InChI is InChI=1S/C19H20N6O/c26-19(5-10-25-14-21-13-23-25)24-9-4-17(12-24)16-3-8-22-18(11-16)15-1-6-20-7-2-15/h1-3,6-8,11,13-14,17H,4-5,9-10,12H2. The van der Waals surface area contributed by atoms with Gasteiger partial charge in [-0.15, -0.1) is 0 Å². The molecule has 0 spiro atoms. The molecule has 0 aliphatic carbocycles. The van der Waals surface area contributed by atoms with Gasteiger partial charge >= 0.3 is 0 Å². The zero-order valence-electron chi connectivity index (χ0n) is 14.4. The van der Waals surface area contributed by atoms with Gasteiger partial charge in [0.05, 0.1) is 12.2 Å². The van der Waals surface area contributed by atoms with Crippen molar-refractivity contribution in [1.82, 2.24) is 29.6 Å². The molecule has 1 amide bonds. The summed E-state index contributed by atoms with van der Waals surface area (Å²) in [5.74, 6) is 0.528. The van der Waals surface area contributed by atoms with E-state index in [0.29, 0.717) is 18.9 Å². The van der Waals surface area contributed by atoms with E-state index in [1.54, 1.807) is 23.4 Å². The number of carbonyl (C=O) groups is 1. The number of carbonyl (C=O) groups excluding carboxylic acids is 1. The summed E-state index contributed by atoms with van der Waals surface area (Å²) in [4.78, 5) is 26.8. The third-order valence-corrected chi connectivity index (χ3v) is 4.79. The molecule has 7 heteroatoms. The molecule has 3 aromatic rings. The van der Waals surface area contributed by atoms with Crippen LogP contribution in [0, 0.1) is 0 Å². The van der Waals surface area contributed by atoms with Crippen LogP contribution in [0.2, 0.25) is 0 Å². The lowest BCUT2D eigenvalue weighted by molar-refractivity contribution is -0.130. The first-order valence-corrected chi connectivity index (χ1v) is 8.76. The van der Waals surface area contributed by atoms with E-state index in [2.05, 4.69) is 32.2 Å². The van der Waals surface area contributed by atoms with E-state index >= 15 is 0 Å². The molecule has 1 fully saturated rings. The summed E-state index contributed by atoms with van der Waals surface area (Å²) < 4.78 is 1.69. The van der Waals surface area contributed by atoms with Crippen molar-refractivity contribution < 1.29 is 4.79 Å². The average molecular weight is 348 g/mol. The third kappa shape index (κ3) is 3.61. The van der Waals surface area contributed by atoms with Crippen molar-refractivity contribution in [3.63, 3.8) is 0 Å². The fourth-order valence-corrected chi connectivity index (χ4v) is 3.36. The number of hydrogen-bond donors (Lipinski definition) is 0. The Balaban J connectivity index is 1.40. The summed E-state index contributed by atoms with van der Waals surface area (Å²) in [7, 11) is 0. The number of hydrogen-bond acceptors (Lipinski definition) is 5. The average Bonchev–Trinajstić information content (AvgIpc) is 3.39. The maximum Gasteiger partial charge on any atom is 0.224 e. The van der Waals surface area contributed by atoms with Crippen molar-refractivity contribution in [3.05, 3.63) is 61.1 Å². The van der Waals surface area contributed by atoms with Crippen LogP contribution >= 0.6 is 0 Å². The van der Waals surface area contributed by atoms with Crippen LogP contribution in [0.3, 0.4) is 0 Å². The Kier molecular flexibility index (Phi) is 4.68. The van der Waals surface area contributed by atoms with Gasteiger partial charge in [0.1, 0.15) is 12.7 Å². The topological polar surface area (TPSA) is 76.8 Å². The molecule has 1 aliphatic heterocycles. The number of pyridine rings is 2. The minimum Gasteiger partial charge on any atom is -0.342 e. The number of likely N-dealkylation sites (tertiary alicyclic amines) is 1. The fraction of sp³-hybridized carbons (Fsp3) is 0.316. The number of nitrogens with zero attached hydrogens (tertiary/aromatic N) is 6. The second-order valence-corrected chi connectivity index (χ2v) is 6.44. The Morgan fingerprint density at radius 3 is 2.85 bits per heavy atom. The van der Waals surface area contributed by atoms with Crippen LogP contribution in [0.25, 0.3) is 11.3 Å². The molecule has 4 heterocycles. The number of amides is 1. The molecular weight excluding hydrogens is 328 g/mol. The molecule has 1 aliphatic rings. The molecular formula is C19H20N6O. The Bertz CT molecular complexity index is 865. The van der Waals surface area contributed by atoms with Crippen molar-refractivity contribution in [1.29, 1.82) is 0 Å². The van der Waals surface area contributed by atoms with Gasteiger partial charge in [-0.3, -0.25) is 19.4 Å². The van der Waals surface area contributed by atoms with Crippen molar-refractivity contribution in [2.24, 2.45) is 0 Å². The SMILES string of the molecule is O=C(CCn1cncn1)N1CCC(c2ccnc(-c3ccncc3)c2)C1. The van der Waals surface area contributed by atoms with Gasteiger partial charge in [-0.05, 0) is 36.2 Å². The molecule has 1 atom stereocenters. The maximum absolute atomic E-state index is 12.5. The van der Waals surface area contributed by atoms with Gasteiger partial charge in [0, 0.05) is 49.6 Å². The summed E-state index contributed by atoms with van der Waals surface area (Å²) in [5, 5.41) is 4.04. The van der Waals surface area contributed by atoms with E-state index in [1.807, 2.05) is 23.2 Å². The first-order valence-electron chi connectivity index (χ1n) is 8.76. The first kappa shape index (κ1) is 16.4. The van der Waals surface area contributed by atoms with E-state index in [0.717, 1.165) is 30.8 Å². The molecule has 7 nitrogen and oxygen atoms in total. The molecule has 1 unspecified atom stereocenters. The van der Waals surface area contributed by atoms with Crippen LogP contribution in [0.5, 0.6) is 0 Å². The van der Waals surface area contributed by atoms with Gasteiger partial charge in [0.25, 0.3) is 0 Å². The summed E-state index contributed by atoms with van der Waals surface area (Å²) in [6.07, 6.45) is 9.95. The molecule has 3 aromatic heterocycles. The van der Waals surface area contributed by atoms with Crippen molar-refractivity contribution in [3.8, 4) is 11.3 Å². The summed E-state index contributed by atoms with van der Waals surface area (Å²) in [5.41, 5.74) is 3.24. The molecule has 0 saturated carbocycles. The van der Waals surface area contributed by atoms with Crippen LogP contribution in [0.15, 0.2) is 55.5 Å². The van der Waals surface area contributed by atoms with E-state index < -0.39 is 0 Å². The second-order valence-electron chi connectivity index (χ2n) is 6.44. The Morgan fingerprint density at radius 1 is 1.15 bits per heavy atom. The minimum atomic E-state index is 0.173. The fourth-order valence-electron chi connectivity index (χ4n) is 3.36. The lowest BCUT2D eigenvalue weighted by Gasteiger charge is -2.17. The monoisotopic (exact) mass is 348 g/mol. The molecule has 0 radical (unpaired) electrons. The quantitative estimate of drug-likeness (QED) is 0.706. The zero-order valence-corrected chi connectivity index (χ0v) is 14.4. The molecule has 1 saturated heterocycles. The molecule has 0 bridgehead atoms. The Hall–Kier alpha value is -3.09. The number of rotatable bonds is 5. The maximum atomic E-state index is 12.5. The van der Waals surface area contributed by atoms with Gasteiger partial charge < -0.3 is 4.90 Å². The molecule has 26 heavy (non-hydrogen) atoms. The van der Waals surface area contributed by atoms with Gasteiger partial charge in [-0.1, -0.05) is 0 Å². The van der Waals surface area contributed by atoms with Crippen molar-refractivity contribution >= 4 is 5.91 Å². The van der Waals surface area contributed by atoms with Gasteiger partial charge in [0.15, 0.2) is 0 Å². The smallest absolute Gasteiger partial charge is 0.224 e. The Labute approximate surface area is 151 Å². The highest BCUT2D eigenvalue weighted by atomic mass is 16.2. The van der Waals surface area contributed by atoms with Crippen LogP contribution in [0.4, 0.5) is 0 Å². The van der Waals surface area contributed by atoms with Gasteiger partial charge in [-0.25, -0.2) is 4.98 Å². The number of aromatic nitrogens is 5. The van der Waals surface area contributed by atoms with Crippen molar-refractivity contribution in [2.75, 3.05) is 13.1 Å². The van der Waals surface area contributed by atoms with E-state index in [4.69, 9.17) is 0 Å². The summed E-state index contributed by atoms with van der Waals surface area (Å²) >= 11 is 0. The highest BCUT2D eigenvalue weighted by Crippen LogP contribution is 2.29.